The van der Waals surface area contributed by atoms with E-state index in [1.54, 1.807) is 12.0 Å². The van der Waals surface area contributed by atoms with Crippen LogP contribution in [0.5, 0.6) is 0 Å². The van der Waals surface area contributed by atoms with Gasteiger partial charge in [0.25, 0.3) is 5.89 Å². The number of amides is 1. The monoisotopic (exact) mass is 333 g/mol. The van der Waals surface area contributed by atoms with Crippen LogP contribution in [0.3, 0.4) is 0 Å². The van der Waals surface area contributed by atoms with Gasteiger partial charge in [-0.1, -0.05) is 12.8 Å². The molecule has 0 aromatic carbocycles. The maximum Gasteiger partial charge on any atom is 0.309 e. The highest BCUT2D eigenvalue weighted by molar-refractivity contribution is 5.90. The summed E-state index contributed by atoms with van der Waals surface area (Å²) in [5.74, 6) is 1.92. The van der Waals surface area contributed by atoms with E-state index in [0.29, 0.717) is 6.54 Å². The molecule has 0 radical (unpaired) electrons. The summed E-state index contributed by atoms with van der Waals surface area (Å²) < 4.78 is 11.1. The number of hydrogen-bond acceptors (Lipinski definition) is 5. The normalized spacial score (nSPS) is 25.4. The predicted molar refractivity (Wildman–Crippen MR) is 88.8 cm³/mol. The number of methoxy groups -OCH3 is 1. The number of nitrogens with zero attached hydrogens (tertiary/aromatic N) is 3. The zero-order chi connectivity index (χ0) is 16.5. The molecule has 0 spiro atoms. The maximum atomic E-state index is 12.6. The Morgan fingerprint density at radius 2 is 2.12 bits per heavy atom. The Balaban J connectivity index is 1.39. The SMILES string of the molecule is COC1CCN(C(=O)c2nc3c(o2)CCN(CC2CCCC2)C3)C1. The molecule has 0 N–H and O–H groups in total. The Labute approximate surface area is 143 Å². The van der Waals surface area contributed by atoms with Crippen molar-refractivity contribution in [2.45, 2.75) is 51.2 Å². The molecule has 1 unspecified atom stereocenters. The fraction of sp³-hybridized carbons (Fsp3) is 0.778. The maximum absolute atomic E-state index is 12.6. The number of carbonyl (C=O) groups is 1. The standard InChI is InChI=1S/C18H27N3O3/c1-23-14-6-9-21(11-14)18(22)17-19-15-12-20(8-7-16(15)24-17)10-13-4-2-3-5-13/h13-14H,2-12H2,1H3. The van der Waals surface area contributed by atoms with E-state index >= 15 is 0 Å². The van der Waals surface area contributed by atoms with Crippen LogP contribution in [-0.2, 0) is 17.7 Å². The van der Waals surface area contributed by atoms with Crippen molar-refractivity contribution in [3.8, 4) is 0 Å². The van der Waals surface area contributed by atoms with Gasteiger partial charge in [-0.2, -0.15) is 0 Å². The van der Waals surface area contributed by atoms with Gasteiger partial charge in [0.15, 0.2) is 0 Å². The van der Waals surface area contributed by atoms with Gasteiger partial charge in [0.2, 0.25) is 0 Å². The molecule has 6 heteroatoms. The molecule has 2 aliphatic heterocycles. The molecule has 1 aliphatic carbocycles. The van der Waals surface area contributed by atoms with Gasteiger partial charge in [0, 0.05) is 46.3 Å². The summed E-state index contributed by atoms with van der Waals surface area (Å²) >= 11 is 0. The van der Waals surface area contributed by atoms with Gasteiger partial charge >= 0.3 is 5.91 Å². The summed E-state index contributed by atoms with van der Waals surface area (Å²) in [5, 5.41) is 0. The van der Waals surface area contributed by atoms with Crippen LogP contribution >= 0.6 is 0 Å². The van der Waals surface area contributed by atoms with E-state index in [1.807, 2.05) is 0 Å². The number of fused-ring (bicyclic) bond motifs is 1. The van der Waals surface area contributed by atoms with Gasteiger partial charge in [0.05, 0.1) is 11.8 Å². The van der Waals surface area contributed by atoms with Crippen molar-refractivity contribution in [3.05, 3.63) is 17.3 Å². The summed E-state index contributed by atoms with van der Waals surface area (Å²) in [6, 6.07) is 0. The molecule has 6 nitrogen and oxygen atoms in total. The molecular formula is C18H27N3O3. The second kappa shape index (κ2) is 6.84. The average Bonchev–Trinajstić information content (AvgIpc) is 3.33. The third-order valence-corrected chi connectivity index (χ3v) is 5.75. The number of carbonyl (C=O) groups excluding carboxylic acids is 1. The van der Waals surface area contributed by atoms with Crippen LogP contribution in [0.1, 0.15) is 54.2 Å². The molecule has 4 rings (SSSR count). The number of aromatic nitrogens is 1. The molecule has 1 saturated carbocycles. The summed E-state index contributed by atoms with van der Waals surface area (Å²) in [6.45, 7) is 4.36. The van der Waals surface area contributed by atoms with E-state index in [0.717, 1.165) is 56.4 Å². The first-order chi connectivity index (χ1) is 11.7. The smallest absolute Gasteiger partial charge is 0.309 e. The van der Waals surface area contributed by atoms with Crippen molar-refractivity contribution >= 4 is 5.91 Å². The second-order valence-corrected chi connectivity index (χ2v) is 7.42. The van der Waals surface area contributed by atoms with Crippen LogP contribution in [0.4, 0.5) is 0 Å². The molecule has 0 bridgehead atoms. The Morgan fingerprint density at radius 1 is 1.29 bits per heavy atom. The Hall–Kier alpha value is -1.40. The lowest BCUT2D eigenvalue weighted by Crippen LogP contribution is -2.34. The van der Waals surface area contributed by atoms with E-state index in [1.165, 1.54) is 25.7 Å². The molecule has 1 atom stereocenters. The zero-order valence-corrected chi connectivity index (χ0v) is 14.5. The van der Waals surface area contributed by atoms with Crippen molar-refractivity contribution in [1.29, 1.82) is 0 Å². The lowest BCUT2D eigenvalue weighted by Gasteiger charge is -2.27. The highest BCUT2D eigenvalue weighted by atomic mass is 16.5. The van der Waals surface area contributed by atoms with Crippen molar-refractivity contribution in [2.75, 3.05) is 33.3 Å². The summed E-state index contributed by atoms with van der Waals surface area (Å²) in [6.07, 6.45) is 7.37. The van der Waals surface area contributed by atoms with Crippen molar-refractivity contribution in [2.24, 2.45) is 5.92 Å². The second-order valence-electron chi connectivity index (χ2n) is 7.42. The number of oxazole rings is 1. The van der Waals surface area contributed by atoms with E-state index < -0.39 is 0 Å². The summed E-state index contributed by atoms with van der Waals surface area (Å²) in [7, 11) is 1.70. The van der Waals surface area contributed by atoms with Crippen LogP contribution in [0.25, 0.3) is 0 Å². The minimum Gasteiger partial charge on any atom is -0.437 e. The zero-order valence-electron chi connectivity index (χ0n) is 14.5. The lowest BCUT2D eigenvalue weighted by atomic mass is 10.1. The molecule has 1 saturated heterocycles. The molecule has 3 heterocycles. The molecular weight excluding hydrogens is 306 g/mol. The van der Waals surface area contributed by atoms with Gasteiger partial charge in [0.1, 0.15) is 5.76 Å². The fourth-order valence-electron chi connectivity index (χ4n) is 4.30. The molecule has 1 aromatic rings. The van der Waals surface area contributed by atoms with Gasteiger partial charge in [-0.3, -0.25) is 9.69 Å². The van der Waals surface area contributed by atoms with Crippen molar-refractivity contribution < 1.29 is 13.9 Å². The lowest BCUT2D eigenvalue weighted by molar-refractivity contribution is 0.0687. The Morgan fingerprint density at radius 3 is 2.88 bits per heavy atom. The van der Waals surface area contributed by atoms with Crippen molar-refractivity contribution in [1.82, 2.24) is 14.8 Å². The minimum absolute atomic E-state index is 0.0914. The van der Waals surface area contributed by atoms with E-state index in [9.17, 15) is 4.79 Å². The minimum atomic E-state index is -0.0914. The predicted octanol–water partition coefficient (Wildman–Crippen LogP) is 2.08. The third kappa shape index (κ3) is 3.22. The number of likely N-dealkylation sites (tertiary alicyclic amines) is 1. The average molecular weight is 333 g/mol. The molecule has 132 valence electrons. The molecule has 2 fully saturated rings. The van der Waals surface area contributed by atoms with Crippen LogP contribution in [0, 0.1) is 5.92 Å². The summed E-state index contributed by atoms with van der Waals surface area (Å²) in [5.41, 5.74) is 0.963. The highest BCUT2D eigenvalue weighted by Crippen LogP contribution is 2.28. The number of rotatable bonds is 4. The Kier molecular flexibility index (Phi) is 4.59. The van der Waals surface area contributed by atoms with E-state index in [2.05, 4.69) is 9.88 Å². The Bertz CT molecular complexity index is 594. The van der Waals surface area contributed by atoms with E-state index in [-0.39, 0.29) is 17.9 Å². The first kappa shape index (κ1) is 16.1. The topological polar surface area (TPSA) is 58.8 Å². The van der Waals surface area contributed by atoms with Crippen LogP contribution < -0.4 is 0 Å². The fourth-order valence-corrected chi connectivity index (χ4v) is 4.30. The number of ether oxygens (including phenoxy) is 1. The molecule has 3 aliphatic rings. The largest absolute Gasteiger partial charge is 0.437 e. The molecule has 24 heavy (non-hydrogen) atoms. The molecule has 1 amide bonds. The van der Waals surface area contributed by atoms with Gasteiger partial charge in [-0.25, -0.2) is 4.98 Å². The van der Waals surface area contributed by atoms with Gasteiger partial charge in [-0.15, -0.1) is 0 Å². The molecule has 1 aromatic heterocycles. The summed E-state index contributed by atoms with van der Waals surface area (Å²) in [4.78, 5) is 21.4. The quantitative estimate of drug-likeness (QED) is 0.844. The van der Waals surface area contributed by atoms with Crippen molar-refractivity contribution in [3.63, 3.8) is 0 Å². The van der Waals surface area contributed by atoms with Crippen LogP contribution in [-0.4, -0.2) is 60.1 Å². The van der Waals surface area contributed by atoms with Gasteiger partial charge in [-0.05, 0) is 25.2 Å². The first-order valence-electron chi connectivity index (χ1n) is 9.26. The van der Waals surface area contributed by atoms with Gasteiger partial charge < -0.3 is 14.1 Å². The first-order valence-corrected chi connectivity index (χ1v) is 9.26. The van der Waals surface area contributed by atoms with Crippen LogP contribution in [0.2, 0.25) is 0 Å². The number of hydrogen-bond donors (Lipinski definition) is 0. The van der Waals surface area contributed by atoms with Crippen LogP contribution in [0.15, 0.2) is 4.42 Å². The third-order valence-electron chi connectivity index (χ3n) is 5.75. The highest BCUT2D eigenvalue weighted by Gasteiger charge is 2.32. The van der Waals surface area contributed by atoms with E-state index in [4.69, 9.17) is 9.15 Å².